The first-order valence-corrected chi connectivity index (χ1v) is 9.77. The Bertz CT molecular complexity index is 683. The molecule has 2 saturated heterocycles. The Morgan fingerprint density at radius 2 is 1.84 bits per heavy atom. The number of thiophene rings is 1. The number of benzene rings is 1. The lowest BCUT2D eigenvalue weighted by Crippen LogP contribution is -2.53. The number of nitrogens with one attached hydrogen (secondary N) is 2. The van der Waals surface area contributed by atoms with E-state index in [0.29, 0.717) is 0 Å². The lowest BCUT2D eigenvalue weighted by molar-refractivity contribution is -0.135. The van der Waals surface area contributed by atoms with E-state index in [1.165, 1.54) is 10.4 Å². The molecule has 2 fully saturated rings. The fourth-order valence-corrected chi connectivity index (χ4v) is 4.37. The number of nitrogens with zero attached hydrogens (tertiary/aromatic N) is 2. The Kier molecular flexibility index (Phi) is 5.12. The zero-order valence-corrected chi connectivity index (χ0v) is 15.0. The minimum absolute atomic E-state index is 0.118. The van der Waals surface area contributed by atoms with Gasteiger partial charge in [-0.2, -0.15) is 0 Å². The monoisotopic (exact) mass is 356 g/mol. The topological polar surface area (TPSA) is 47.6 Å². The van der Waals surface area contributed by atoms with Gasteiger partial charge in [0.05, 0.1) is 6.04 Å². The van der Waals surface area contributed by atoms with Crippen LogP contribution in [0.5, 0.6) is 0 Å². The summed E-state index contributed by atoms with van der Waals surface area (Å²) in [5, 5.41) is 2.08. The summed E-state index contributed by atoms with van der Waals surface area (Å²) in [6, 6.07) is 14.8. The maximum absolute atomic E-state index is 12.8. The molecule has 2 N–H and O–H groups in total. The zero-order valence-electron chi connectivity index (χ0n) is 14.2. The summed E-state index contributed by atoms with van der Waals surface area (Å²) < 4.78 is 0. The SMILES string of the molecule is O=C(C1CC(c2cccs2)NN1)N1CCN(Cc2ccccc2)CC1. The molecule has 2 aromatic rings. The maximum atomic E-state index is 12.8. The molecule has 132 valence electrons. The van der Waals surface area contributed by atoms with Gasteiger partial charge in [-0.05, 0) is 23.4 Å². The fourth-order valence-electron chi connectivity index (χ4n) is 3.58. The van der Waals surface area contributed by atoms with E-state index >= 15 is 0 Å². The summed E-state index contributed by atoms with van der Waals surface area (Å²) in [5.41, 5.74) is 7.80. The van der Waals surface area contributed by atoms with Crippen LogP contribution in [0.2, 0.25) is 0 Å². The van der Waals surface area contributed by atoms with Crippen molar-refractivity contribution in [3.8, 4) is 0 Å². The highest BCUT2D eigenvalue weighted by Gasteiger charge is 2.34. The molecule has 0 aliphatic carbocycles. The van der Waals surface area contributed by atoms with Crippen molar-refractivity contribution in [3.63, 3.8) is 0 Å². The Morgan fingerprint density at radius 1 is 1.04 bits per heavy atom. The molecule has 5 nitrogen and oxygen atoms in total. The van der Waals surface area contributed by atoms with Crippen LogP contribution in [0.3, 0.4) is 0 Å². The lowest BCUT2D eigenvalue weighted by Gasteiger charge is -2.35. The highest BCUT2D eigenvalue weighted by Crippen LogP contribution is 2.26. The summed E-state index contributed by atoms with van der Waals surface area (Å²) in [6.07, 6.45) is 0.823. The summed E-state index contributed by atoms with van der Waals surface area (Å²) >= 11 is 1.74. The van der Waals surface area contributed by atoms with Crippen LogP contribution in [0, 0.1) is 0 Å². The van der Waals surface area contributed by atoms with Crippen molar-refractivity contribution in [2.45, 2.75) is 25.0 Å². The summed E-state index contributed by atoms with van der Waals surface area (Å²) in [5.74, 6) is 0.228. The van der Waals surface area contributed by atoms with Gasteiger partial charge in [0.1, 0.15) is 6.04 Å². The van der Waals surface area contributed by atoms with Gasteiger partial charge in [-0.1, -0.05) is 36.4 Å². The Hall–Kier alpha value is -1.73. The van der Waals surface area contributed by atoms with Gasteiger partial charge in [-0.25, -0.2) is 10.9 Å². The van der Waals surface area contributed by atoms with Gasteiger partial charge in [0.2, 0.25) is 5.91 Å². The zero-order chi connectivity index (χ0) is 17.1. The second kappa shape index (κ2) is 7.66. The van der Waals surface area contributed by atoms with Crippen molar-refractivity contribution in [2.24, 2.45) is 0 Å². The van der Waals surface area contributed by atoms with Crippen molar-refractivity contribution in [1.82, 2.24) is 20.7 Å². The van der Waals surface area contributed by atoms with Crippen LogP contribution in [-0.4, -0.2) is 47.9 Å². The number of amides is 1. The first kappa shape index (κ1) is 16.7. The number of hydrazine groups is 1. The predicted molar refractivity (Wildman–Crippen MR) is 100 cm³/mol. The van der Waals surface area contributed by atoms with E-state index in [2.05, 4.69) is 57.5 Å². The van der Waals surface area contributed by atoms with Crippen LogP contribution >= 0.6 is 11.3 Å². The standard InChI is InChI=1S/C19H24N4OS/c24-19(17-13-16(20-21-17)18-7-4-12-25-18)23-10-8-22(9-11-23)14-15-5-2-1-3-6-15/h1-7,12,16-17,20-21H,8-11,13-14H2. The third kappa shape index (κ3) is 3.93. The van der Waals surface area contributed by atoms with E-state index in [1.807, 2.05) is 11.0 Å². The molecule has 2 unspecified atom stereocenters. The van der Waals surface area contributed by atoms with Gasteiger partial charge in [0.15, 0.2) is 0 Å². The Balaban J connectivity index is 1.27. The number of hydrogen-bond acceptors (Lipinski definition) is 5. The molecule has 1 aromatic heterocycles. The number of piperazine rings is 1. The molecule has 1 amide bonds. The number of carbonyl (C=O) groups is 1. The second-order valence-electron chi connectivity index (χ2n) is 6.73. The van der Waals surface area contributed by atoms with Gasteiger partial charge in [0.25, 0.3) is 0 Å². The highest BCUT2D eigenvalue weighted by molar-refractivity contribution is 7.10. The van der Waals surface area contributed by atoms with Crippen LogP contribution in [0.4, 0.5) is 0 Å². The van der Waals surface area contributed by atoms with Crippen LogP contribution < -0.4 is 10.9 Å². The van der Waals surface area contributed by atoms with Crippen molar-refractivity contribution in [2.75, 3.05) is 26.2 Å². The van der Waals surface area contributed by atoms with E-state index in [4.69, 9.17) is 0 Å². The maximum Gasteiger partial charge on any atom is 0.241 e. The van der Waals surface area contributed by atoms with E-state index in [9.17, 15) is 4.79 Å². The molecule has 0 saturated carbocycles. The number of carbonyl (C=O) groups excluding carboxylic acids is 1. The lowest BCUT2D eigenvalue weighted by atomic mass is 10.1. The summed E-state index contributed by atoms with van der Waals surface area (Å²) in [6.45, 7) is 4.47. The van der Waals surface area contributed by atoms with Gasteiger partial charge < -0.3 is 4.90 Å². The van der Waals surface area contributed by atoms with E-state index in [1.54, 1.807) is 11.3 Å². The predicted octanol–water partition coefficient (Wildman–Crippen LogP) is 2.00. The number of rotatable bonds is 4. The van der Waals surface area contributed by atoms with Gasteiger partial charge in [-0.15, -0.1) is 11.3 Å². The molecule has 6 heteroatoms. The molecule has 2 aliphatic heterocycles. The average molecular weight is 356 g/mol. The van der Waals surface area contributed by atoms with Gasteiger partial charge in [-0.3, -0.25) is 9.69 Å². The molecule has 0 bridgehead atoms. The van der Waals surface area contributed by atoms with Crippen molar-refractivity contribution in [3.05, 3.63) is 58.3 Å². The molecule has 4 rings (SSSR count). The minimum atomic E-state index is -0.118. The molecule has 2 atom stereocenters. The third-order valence-electron chi connectivity index (χ3n) is 5.02. The third-order valence-corrected chi connectivity index (χ3v) is 6.01. The summed E-state index contributed by atoms with van der Waals surface area (Å²) in [4.78, 5) is 18.5. The fraction of sp³-hybridized carbons (Fsp3) is 0.421. The normalized spacial score (nSPS) is 24.6. The van der Waals surface area contributed by atoms with Crippen LogP contribution in [0.1, 0.15) is 22.9 Å². The molecule has 0 radical (unpaired) electrons. The highest BCUT2D eigenvalue weighted by atomic mass is 32.1. The average Bonchev–Trinajstić information content (AvgIpc) is 3.34. The molecule has 1 aromatic carbocycles. The molecular weight excluding hydrogens is 332 g/mol. The van der Waals surface area contributed by atoms with E-state index in [0.717, 1.165) is 39.1 Å². The molecule has 3 heterocycles. The quantitative estimate of drug-likeness (QED) is 0.880. The molecule has 0 spiro atoms. The Morgan fingerprint density at radius 3 is 2.56 bits per heavy atom. The first-order valence-electron chi connectivity index (χ1n) is 8.89. The van der Waals surface area contributed by atoms with Gasteiger partial charge in [0, 0.05) is 37.6 Å². The van der Waals surface area contributed by atoms with Crippen LogP contribution in [0.25, 0.3) is 0 Å². The summed E-state index contributed by atoms with van der Waals surface area (Å²) in [7, 11) is 0. The largest absolute Gasteiger partial charge is 0.339 e. The van der Waals surface area contributed by atoms with Crippen molar-refractivity contribution in [1.29, 1.82) is 0 Å². The Labute approximate surface area is 152 Å². The van der Waals surface area contributed by atoms with Crippen LogP contribution in [0.15, 0.2) is 47.8 Å². The minimum Gasteiger partial charge on any atom is -0.339 e. The van der Waals surface area contributed by atoms with Crippen LogP contribution in [-0.2, 0) is 11.3 Å². The number of hydrogen-bond donors (Lipinski definition) is 2. The first-order chi connectivity index (χ1) is 12.3. The second-order valence-corrected chi connectivity index (χ2v) is 7.71. The van der Waals surface area contributed by atoms with Crippen molar-refractivity contribution >= 4 is 17.2 Å². The molecular formula is C19H24N4OS. The van der Waals surface area contributed by atoms with E-state index in [-0.39, 0.29) is 18.0 Å². The van der Waals surface area contributed by atoms with Crippen molar-refractivity contribution < 1.29 is 4.79 Å². The smallest absolute Gasteiger partial charge is 0.241 e. The molecule has 2 aliphatic rings. The van der Waals surface area contributed by atoms with Gasteiger partial charge >= 0.3 is 0 Å². The molecule has 25 heavy (non-hydrogen) atoms. The van der Waals surface area contributed by atoms with E-state index < -0.39 is 0 Å².